The van der Waals surface area contributed by atoms with Crippen LogP contribution in [-0.4, -0.2) is 61.9 Å². The van der Waals surface area contributed by atoms with E-state index in [9.17, 15) is 23.4 Å². The molecule has 1 aromatic carbocycles. The second-order valence-corrected chi connectivity index (χ2v) is 11.2. The van der Waals surface area contributed by atoms with Crippen LogP contribution in [0, 0.1) is 12.8 Å². The third-order valence-corrected chi connectivity index (χ3v) is 8.64. The van der Waals surface area contributed by atoms with E-state index >= 15 is 0 Å². The molecule has 2 aromatic heterocycles. The lowest BCUT2D eigenvalue weighted by molar-refractivity contribution is -0.135. The quantitative estimate of drug-likeness (QED) is 0.301. The number of thioether (sulfide) groups is 1. The molecule has 5 rings (SSSR count). The Morgan fingerprint density at radius 1 is 1.22 bits per heavy atom. The molecule has 0 amide bonds. The van der Waals surface area contributed by atoms with E-state index in [0.717, 1.165) is 10.2 Å². The van der Waals surface area contributed by atoms with Crippen molar-refractivity contribution in [3.8, 4) is 10.6 Å². The number of alkyl halides is 3. The number of benzene rings is 1. The highest BCUT2D eigenvalue weighted by atomic mass is 32.2. The number of aryl methyl sites for hydroxylation is 1. The van der Waals surface area contributed by atoms with Gasteiger partial charge in [0, 0.05) is 18.3 Å². The number of rotatable bonds is 7. The summed E-state index contributed by atoms with van der Waals surface area (Å²) in [4.78, 5) is 13.6. The van der Waals surface area contributed by atoms with E-state index in [2.05, 4.69) is 27.2 Å². The first-order valence-corrected chi connectivity index (χ1v) is 13.6. The van der Waals surface area contributed by atoms with Crippen LogP contribution in [0.2, 0.25) is 0 Å². The fourth-order valence-electron chi connectivity index (χ4n) is 4.70. The lowest BCUT2D eigenvalue weighted by Crippen LogP contribution is -2.38. The van der Waals surface area contributed by atoms with Gasteiger partial charge >= 0.3 is 6.18 Å². The van der Waals surface area contributed by atoms with E-state index in [1.54, 1.807) is 12.3 Å². The van der Waals surface area contributed by atoms with Crippen LogP contribution in [0.5, 0.6) is 0 Å². The van der Waals surface area contributed by atoms with Gasteiger partial charge < -0.3 is 20.8 Å². The molecule has 1 aliphatic carbocycles. The lowest BCUT2D eigenvalue weighted by atomic mass is 10.1. The molecule has 0 radical (unpaired) electrons. The van der Waals surface area contributed by atoms with Gasteiger partial charge in [0.25, 0.3) is 0 Å². The Labute approximate surface area is 219 Å². The summed E-state index contributed by atoms with van der Waals surface area (Å²) in [5.74, 6) is 0.401. The molecule has 1 unspecified atom stereocenters. The first-order valence-electron chi connectivity index (χ1n) is 11.8. The number of anilines is 2. The molecule has 1 fully saturated rings. The number of aliphatic hydroxyl groups is 2. The molecule has 1 saturated carbocycles. The van der Waals surface area contributed by atoms with Crippen molar-refractivity contribution in [3.05, 3.63) is 53.1 Å². The van der Waals surface area contributed by atoms with E-state index < -0.39 is 24.4 Å². The molecule has 4 N–H and O–H groups in total. The number of nitrogens with one attached hydrogen (secondary N) is 2. The number of nitrogens with zero attached hydrogens (tertiary/aromatic N) is 3. The minimum absolute atomic E-state index is 0.158. The molecule has 7 nitrogen and oxygen atoms in total. The standard InChI is InChI=1S/C25H26F3N5O2S2/c1-12-15(10-34)9-17(20(12)35)30-22-19(23-31-16-5-3-4-6-18(16)37-23)13(2)29-24(33-22)32-21(25(26,27)28)14-7-8-36-11-14/h3-6,11,15,17,20-21,34-35H,1,7-10H2,2H3,(H2,29,30,32,33)/t15-,17?,20-,21+/m1/s1. The number of hydrogen-bond donors (Lipinski definition) is 4. The van der Waals surface area contributed by atoms with E-state index in [1.165, 1.54) is 23.1 Å². The highest BCUT2D eigenvalue weighted by Gasteiger charge is 2.43. The van der Waals surface area contributed by atoms with Crippen molar-refractivity contribution >= 4 is 45.1 Å². The summed E-state index contributed by atoms with van der Waals surface area (Å²) in [6.07, 6.45) is -4.75. The normalized spacial score (nSPS) is 22.9. The fourth-order valence-corrected chi connectivity index (χ4v) is 6.70. The van der Waals surface area contributed by atoms with Gasteiger partial charge in [-0.3, -0.25) is 0 Å². The van der Waals surface area contributed by atoms with E-state index in [0.29, 0.717) is 40.4 Å². The van der Waals surface area contributed by atoms with E-state index in [4.69, 9.17) is 4.98 Å². The van der Waals surface area contributed by atoms with Crippen LogP contribution in [0.25, 0.3) is 20.8 Å². The average Bonchev–Trinajstić information content (AvgIpc) is 3.58. The predicted molar refractivity (Wildman–Crippen MR) is 142 cm³/mol. The minimum atomic E-state index is -4.53. The zero-order valence-corrected chi connectivity index (χ0v) is 21.6. The number of fused-ring (bicyclic) bond motifs is 1. The van der Waals surface area contributed by atoms with Gasteiger partial charge in [-0.25, -0.2) is 9.97 Å². The molecular weight excluding hydrogens is 523 g/mol. The van der Waals surface area contributed by atoms with Crippen molar-refractivity contribution in [1.82, 2.24) is 15.0 Å². The van der Waals surface area contributed by atoms with Crippen LogP contribution in [0.1, 0.15) is 18.5 Å². The Morgan fingerprint density at radius 3 is 2.65 bits per heavy atom. The number of hydrogen-bond acceptors (Lipinski definition) is 9. The Kier molecular flexibility index (Phi) is 7.18. The van der Waals surface area contributed by atoms with E-state index in [-0.39, 0.29) is 29.9 Å². The van der Waals surface area contributed by atoms with Crippen molar-refractivity contribution < 1.29 is 23.4 Å². The Bertz CT molecular complexity index is 1330. The summed E-state index contributed by atoms with van der Waals surface area (Å²) in [6.45, 7) is 5.44. The Morgan fingerprint density at radius 2 is 2.00 bits per heavy atom. The second kappa shape index (κ2) is 10.2. The van der Waals surface area contributed by atoms with Gasteiger partial charge in [-0.2, -0.15) is 18.2 Å². The fraction of sp³-hybridized carbons (Fsp3) is 0.400. The van der Waals surface area contributed by atoms with Gasteiger partial charge in [0.2, 0.25) is 5.95 Å². The molecule has 2 aliphatic rings. The molecule has 4 atom stereocenters. The van der Waals surface area contributed by atoms with Crippen molar-refractivity contribution in [2.45, 2.75) is 44.1 Å². The smallest absolute Gasteiger partial charge is 0.396 e. The maximum absolute atomic E-state index is 14.0. The molecule has 37 heavy (non-hydrogen) atoms. The molecule has 3 aromatic rings. The largest absolute Gasteiger partial charge is 0.412 e. The predicted octanol–water partition coefficient (Wildman–Crippen LogP) is 5.14. The van der Waals surface area contributed by atoms with Crippen LogP contribution < -0.4 is 10.6 Å². The van der Waals surface area contributed by atoms with Crippen LogP contribution in [-0.2, 0) is 0 Å². The zero-order valence-electron chi connectivity index (χ0n) is 19.9. The topological polar surface area (TPSA) is 103 Å². The Hall–Kier alpha value is -2.67. The summed E-state index contributed by atoms with van der Waals surface area (Å²) in [7, 11) is 0. The third kappa shape index (κ3) is 5.20. The first-order chi connectivity index (χ1) is 17.7. The number of thiazole rings is 1. The number of para-hydroxylation sites is 1. The zero-order chi connectivity index (χ0) is 26.3. The summed E-state index contributed by atoms with van der Waals surface area (Å²) in [6, 6.07) is 5.16. The molecule has 3 heterocycles. The first kappa shape index (κ1) is 26.0. The third-order valence-electron chi connectivity index (χ3n) is 6.68. The van der Waals surface area contributed by atoms with Gasteiger partial charge in [0.15, 0.2) is 0 Å². The highest BCUT2D eigenvalue weighted by Crippen LogP contribution is 2.40. The van der Waals surface area contributed by atoms with Crippen LogP contribution >= 0.6 is 23.1 Å². The van der Waals surface area contributed by atoms with Gasteiger partial charge in [0.1, 0.15) is 16.9 Å². The molecule has 1 aliphatic heterocycles. The maximum Gasteiger partial charge on any atom is 0.412 e. The maximum atomic E-state index is 14.0. The van der Waals surface area contributed by atoms with Gasteiger partial charge in [-0.05, 0) is 48.5 Å². The van der Waals surface area contributed by atoms with Gasteiger partial charge in [0.05, 0.1) is 33.6 Å². The highest BCUT2D eigenvalue weighted by molar-refractivity contribution is 8.02. The number of aromatic nitrogens is 3. The molecule has 0 bridgehead atoms. The van der Waals surface area contributed by atoms with Gasteiger partial charge in [-0.1, -0.05) is 18.7 Å². The summed E-state index contributed by atoms with van der Waals surface area (Å²) in [5.41, 5.74) is 2.54. The number of halogens is 3. The van der Waals surface area contributed by atoms with Crippen molar-refractivity contribution in [2.24, 2.45) is 5.92 Å². The Balaban J connectivity index is 1.57. The lowest BCUT2D eigenvalue weighted by Gasteiger charge is -2.24. The minimum Gasteiger partial charge on any atom is -0.396 e. The summed E-state index contributed by atoms with van der Waals surface area (Å²) >= 11 is 2.77. The van der Waals surface area contributed by atoms with Crippen LogP contribution in [0.3, 0.4) is 0 Å². The van der Waals surface area contributed by atoms with Crippen LogP contribution in [0.15, 0.2) is 47.4 Å². The summed E-state index contributed by atoms with van der Waals surface area (Å²) in [5, 5.41) is 28.3. The summed E-state index contributed by atoms with van der Waals surface area (Å²) < 4.78 is 42.8. The molecule has 12 heteroatoms. The SMILES string of the molecule is C=C1[C@@H](CO)CC(Nc2nc(N[C@@H](C3=CSCC3)C(F)(F)F)nc(C)c2-c2nc3ccccc3s2)[C@@H]1O. The van der Waals surface area contributed by atoms with Crippen molar-refractivity contribution in [2.75, 3.05) is 23.0 Å². The monoisotopic (exact) mass is 549 g/mol. The number of aliphatic hydroxyl groups excluding tert-OH is 2. The van der Waals surface area contributed by atoms with Crippen LogP contribution in [0.4, 0.5) is 24.9 Å². The van der Waals surface area contributed by atoms with E-state index in [1.807, 2.05) is 24.3 Å². The van der Waals surface area contributed by atoms with Gasteiger partial charge in [-0.15, -0.1) is 23.1 Å². The average molecular weight is 550 g/mol. The van der Waals surface area contributed by atoms with Crippen molar-refractivity contribution in [3.63, 3.8) is 0 Å². The molecule has 0 spiro atoms. The molecular formula is C25H26F3N5O2S2. The second-order valence-electron chi connectivity index (χ2n) is 9.16. The molecule has 196 valence electrons. The molecule has 0 saturated heterocycles. The van der Waals surface area contributed by atoms with Crippen molar-refractivity contribution in [1.29, 1.82) is 0 Å².